The molecule has 1 N–H and O–H groups in total. The van der Waals surface area contributed by atoms with E-state index in [2.05, 4.69) is 45.6 Å². The van der Waals surface area contributed by atoms with Gasteiger partial charge in [0.15, 0.2) is 0 Å². The Morgan fingerprint density at radius 3 is 2.67 bits per heavy atom. The van der Waals surface area contributed by atoms with Crippen LogP contribution in [0.5, 0.6) is 0 Å². The molecule has 90 valence electrons. The topological polar surface area (TPSA) is 44.8 Å². The second-order valence-electron chi connectivity index (χ2n) is 4.30. The van der Waals surface area contributed by atoms with Crippen LogP contribution in [0.15, 0.2) is 48.5 Å². The summed E-state index contributed by atoms with van der Waals surface area (Å²) in [5.74, 6) is 0. The monoisotopic (exact) mass is 238 g/mol. The van der Waals surface area contributed by atoms with Crippen molar-refractivity contribution in [1.29, 1.82) is 0 Å². The number of nitrogens with one attached hydrogen (secondary N) is 1. The fourth-order valence-corrected chi connectivity index (χ4v) is 2.08. The highest BCUT2D eigenvalue weighted by Crippen LogP contribution is 2.19. The van der Waals surface area contributed by atoms with Gasteiger partial charge in [-0.3, -0.25) is 0 Å². The first kappa shape index (κ1) is 10.8. The lowest BCUT2D eigenvalue weighted by molar-refractivity contribution is 0.919. The molecule has 3 aromatic rings. The molecule has 1 aromatic heterocycles. The van der Waals surface area contributed by atoms with Crippen LogP contribution < -0.4 is 4.90 Å². The molecular weight excluding hydrogens is 224 g/mol. The zero-order chi connectivity index (χ0) is 12.4. The number of aromatic nitrogens is 3. The summed E-state index contributed by atoms with van der Waals surface area (Å²) in [5, 5.41) is 11.0. The minimum absolute atomic E-state index is 0.813. The van der Waals surface area contributed by atoms with Crippen LogP contribution in [0.3, 0.4) is 0 Å². The van der Waals surface area contributed by atoms with E-state index in [4.69, 9.17) is 0 Å². The number of nitrogens with zero attached hydrogens (tertiary/aromatic N) is 3. The molecule has 0 saturated carbocycles. The summed E-state index contributed by atoms with van der Waals surface area (Å²) in [6.45, 7) is 0.813. The van der Waals surface area contributed by atoms with Crippen molar-refractivity contribution in [3.63, 3.8) is 0 Å². The Morgan fingerprint density at radius 1 is 1.00 bits per heavy atom. The van der Waals surface area contributed by atoms with Crippen LogP contribution in [0, 0.1) is 0 Å². The van der Waals surface area contributed by atoms with Crippen LogP contribution in [0.4, 0.5) is 5.69 Å². The van der Waals surface area contributed by atoms with E-state index in [-0.39, 0.29) is 0 Å². The molecule has 1 heterocycles. The smallest absolute Gasteiger partial charge is 0.117 e. The van der Waals surface area contributed by atoms with E-state index in [9.17, 15) is 0 Å². The van der Waals surface area contributed by atoms with Crippen molar-refractivity contribution >= 4 is 16.7 Å². The summed E-state index contributed by atoms with van der Waals surface area (Å²) in [7, 11) is 2.08. The summed E-state index contributed by atoms with van der Waals surface area (Å²) in [4.78, 5) is 2.20. The van der Waals surface area contributed by atoms with Gasteiger partial charge in [-0.15, -0.1) is 0 Å². The highest BCUT2D eigenvalue weighted by Gasteiger charge is 2.07. The summed E-state index contributed by atoms with van der Waals surface area (Å²) in [6, 6.07) is 16.4. The molecule has 0 saturated heterocycles. The number of fused-ring (bicyclic) bond motifs is 1. The minimum atomic E-state index is 0.813. The Hall–Kier alpha value is -2.36. The Kier molecular flexibility index (Phi) is 2.68. The third-order valence-corrected chi connectivity index (χ3v) is 3.04. The van der Waals surface area contributed by atoms with Gasteiger partial charge in [-0.05, 0) is 18.2 Å². The third kappa shape index (κ3) is 1.93. The Balaban J connectivity index is 1.91. The summed E-state index contributed by atoms with van der Waals surface area (Å²) < 4.78 is 0. The molecule has 4 heteroatoms. The van der Waals surface area contributed by atoms with Gasteiger partial charge in [0.1, 0.15) is 11.0 Å². The van der Waals surface area contributed by atoms with E-state index in [1.54, 1.807) is 0 Å². The molecule has 0 amide bonds. The maximum atomic E-state index is 4.20. The van der Waals surface area contributed by atoms with Crippen molar-refractivity contribution in [2.75, 3.05) is 11.9 Å². The first-order valence-corrected chi connectivity index (χ1v) is 5.89. The SMILES string of the molecule is CN(Cc1cccc2n[nH]nc12)c1ccccc1. The van der Waals surface area contributed by atoms with Gasteiger partial charge >= 0.3 is 0 Å². The minimum Gasteiger partial charge on any atom is -0.370 e. The van der Waals surface area contributed by atoms with Crippen LogP contribution in [-0.2, 0) is 6.54 Å². The molecule has 3 rings (SSSR count). The number of rotatable bonds is 3. The van der Waals surface area contributed by atoms with Crippen LogP contribution in [-0.4, -0.2) is 22.5 Å². The molecule has 4 nitrogen and oxygen atoms in total. The average molecular weight is 238 g/mol. The molecule has 18 heavy (non-hydrogen) atoms. The van der Waals surface area contributed by atoms with Crippen LogP contribution in [0.2, 0.25) is 0 Å². The Morgan fingerprint density at radius 2 is 1.83 bits per heavy atom. The molecule has 0 unspecified atom stereocenters. The molecule has 0 fully saturated rings. The zero-order valence-electron chi connectivity index (χ0n) is 10.2. The number of H-pyrrole nitrogens is 1. The maximum Gasteiger partial charge on any atom is 0.117 e. The number of aromatic amines is 1. The van der Waals surface area contributed by atoms with Crippen molar-refractivity contribution in [2.24, 2.45) is 0 Å². The van der Waals surface area contributed by atoms with Gasteiger partial charge in [-0.1, -0.05) is 30.3 Å². The molecule has 0 aliphatic heterocycles. The summed E-state index contributed by atoms with van der Waals surface area (Å²) in [5.41, 5.74) is 4.22. The Labute approximate surface area is 105 Å². The normalized spacial score (nSPS) is 10.7. The number of hydrogen-bond donors (Lipinski definition) is 1. The molecule has 0 spiro atoms. The predicted octanol–water partition coefficient (Wildman–Crippen LogP) is 2.59. The third-order valence-electron chi connectivity index (χ3n) is 3.04. The average Bonchev–Trinajstić information content (AvgIpc) is 2.89. The molecule has 0 aliphatic carbocycles. The van der Waals surface area contributed by atoms with Crippen molar-refractivity contribution in [2.45, 2.75) is 6.54 Å². The van der Waals surface area contributed by atoms with Crippen molar-refractivity contribution in [3.8, 4) is 0 Å². The van der Waals surface area contributed by atoms with Gasteiger partial charge in [0, 0.05) is 24.8 Å². The molecule has 0 bridgehead atoms. The maximum absolute atomic E-state index is 4.20. The lowest BCUT2D eigenvalue weighted by Gasteiger charge is -2.19. The van der Waals surface area contributed by atoms with Gasteiger partial charge in [0.05, 0.1) is 0 Å². The van der Waals surface area contributed by atoms with Gasteiger partial charge in [-0.25, -0.2) is 0 Å². The van der Waals surface area contributed by atoms with E-state index in [0.717, 1.165) is 17.6 Å². The van der Waals surface area contributed by atoms with Crippen LogP contribution in [0.25, 0.3) is 11.0 Å². The number of para-hydroxylation sites is 2. The lowest BCUT2D eigenvalue weighted by Crippen LogP contribution is -2.16. The second kappa shape index (κ2) is 4.49. The predicted molar refractivity (Wildman–Crippen MR) is 72.4 cm³/mol. The Bertz CT molecular complexity index is 645. The van der Waals surface area contributed by atoms with E-state index >= 15 is 0 Å². The first-order valence-electron chi connectivity index (χ1n) is 5.89. The number of anilines is 1. The zero-order valence-corrected chi connectivity index (χ0v) is 10.2. The van der Waals surface area contributed by atoms with Gasteiger partial charge < -0.3 is 4.90 Å². The molecule has 2 aromatic carbocycles. The molecule has 0 aliphatic rings. The first-order chi connectivity index (χ1) is 8.84. The van der Waals surface area contributed by atoms with Crippen molar-refractivity contribution < 1.29 is 0 Å². The van der Waals surface area contributed by atoms with Crippen molar-refractivity contribution in [3.05, 3.63) is 54.1 Å². The second-order valence-corrected chi connectivity index (χ2v) is 4.30. The summed E-state index contributed by atoms with van der Waals surface area (Å²) >= 11 is 0. The standard InChI is InChI=1S/C14H14N4/c1-18(12-7-3-2-4-8-12)10-11-6-5-9-13-14(11)16-17-15-13/h2-9H,10H2,1H3,(H,15,16,17). The van der Waals surface area contributed by atoms with Crippen LogP contribution >= 0.6 is 0 Å². The van der Waals surface area contributed by atoms with Gasteiger partial charge in [0.25, 0.3) is 0 Å². The van der Waals surface area contributed by atoms with Crippen molar-refractivity contribution in [1.82, 2.24) is 15.4 Å². The molecular formula is C14H14N4. The molecule has 0 radical (unpaired) electrons. The fourth-order valence-electron chi connectivity index (χ4n) is 2.08. The van der Waals surface area contributed by atoms with Gasteiger partial charge in [0.2, 0.25) is 0 Å². The number of benzene rings is 2. The largest absolute Gasteiger partial charge is 0.370 e. The van der Waals surface area contributed by atoms with Gasteiger partial charge in [-0.2, -0.15) is 15.4 Å². The van der Waals surface area contributed by atoms with E-state index < -0.39 is 0 Å². The lowest BCUT2D eigenvalue weighted by atomic mass is 10.1. The van der Waals surface area contributed by atoms with E-state index in [1.165, 1.54) is 11.3 Å². The highest BCUT2D eigenvalue weighted by atomic mass is 15.3. The van der Waals surface area contributed by atoms with E-state index in [1.807, 2.05) is 30.3 Å². The fraction of sp³-hybridized carbons (Fsp3) is 0.143. The van der Waals surface area contributed by atoms with Crippen LogP contribution in [0.1, 0.15) is 5.56 Å². The molecule has 0 atom stereocenters. The van der Waals surface area contributed by atoms with E-state index in [0.29, 0.717) is 0 Å². The number of hydrogen-bond acceptors (Lipinski definition) is 3. The summed E-state index contributed by atoms with van der Waals surface area (Å²) in [6.07, 6.45) is 0. The highest BCUT2D eigenvalue weighted by molar-refractivity contribution is 5.77. The quantitative estimate of drug-likeness (QED) is 0.762.